The van der Waals surface area contributed by atoms with Crippen molar-refractivity contribution in [2.45, 2.75) is 44.3 Å². The summed E-state index contributed by atoms with van der Waals surface area (Å²) in [4.78, 5) is 12.4. The number of carbonyl (C=O) groups is 1. The Balaban J connectivity index is 2.07. The first-order chi connectivity index (χ1) is 9.47. The van der Waals surface area contributed by atoms with Gasteiger partial charge >= 0.3 is 0 Å². The lowest BCUT2D eigenvalue weighted by molar-refractivity contribution is 0.0949. The van der Waals surface area contributed by atoms with Crippen molar-refractivity contribution in [1.82, 2.24) is 5.32 Å². The molecule has 3 N–H and O–H groups in total. The zero-order valence-corrected chi connectivity index (χ0v) is 13.4. The molecule has 110 valence electrons. The Bertz CT molecular complexity index is 507. The van der Waals surface area contributed by atoms with Crippen LogP contribution in [-0.4, -0.2) is 23.5 Å². The molecule has 1 amide bonds. The average Bonchev–Trinajstić information content (AvgIpc) is 2.90. The van der Waals surface area contributed by atoms with Crippen molar-refractivity contribution in [3.63, 3.8) is 0 Å². The number of thioether (sulfide) groups is 1. The molecule has 1 saturated carbocycles. The molecule has 1 aliphatic carbocycles. The van der Waals surface area contributed by atoms with Crippen LogP contribution in [0.4, 0.5) is 5.69 Å². The molecule has 0 spiro atoms. The third kappa shape index (κ3) is 3.11. The van der Waals surface area contributed by atoms with Crippen LogP contribution < -0.4 is 11.1 Å². The molecule has 0 heterocycles. The van der Waals surface area contributed by atoms with E-state index < -0.39 is 0 Å². The van der Waals surface area contributed by atoms with Crippen molar-refractivity contribution >= 4 is 23.4 Å². The van der Waals surface area contributed by atoms with Crippen LogP contribution in [-0.2, 0) is 0 Å². The van der Waals surface area contributed by atoms with Gasteiger partial charge in [0.1, 0.15) is 0 Å². The fourth-order valence-corrected chi connectivity index (χ4v) is 3.84. The van der Waals surface area contributed by atoms with E-state index in [4.69, 9.17) is 5.73 Å². The number of hydrogen-bond acceptors (Lipinski definition) is 3. The molecule has 1 aliphatic rings. The number of carbonyl (C=O) groups excluding carboxylic acids is 1. The number of rotatable bonds is 4. The molecule has 2 rings (SSSR count). The maximum Gasteiger partial charge on any atom is 0.251 e. The lowest BCUT2D eigenvalue weighted by Crippen LogP contribution is -2.38. The number of aryl methyl sites for hydroxylation is 2. The molecule has 0 atom stereocenters. The summed E-state index contributed by atoms with van der Waals surface area (Å²) < 4.78 is 0.236. The summed E-state index contributed by atoms with van der Waals surface area (Å²) in [5.74, 6) is -0.00507. The summed E-state index contributed by atoms with van der Waals surface area (Å²) in [5.41, 5.74) is 9.30. The summed E-state index contributed by atoms with van der Waals surface area (Å²) in [6.45, 7) is 4.67. The molecule has 0 aliphatic heterocycles. The zero-order valence-electron chi connectivity index (χ0n) is 12.6. The molecule has 20 heavy (non-hydrogen) atoms. The molecule has 3 nitrogen and oxygen atoms in total. The molecule has 4 heteroatoms. The van der Waals surface area contributed by atoms with Crippen molar-refractivity contribution in [2.24, 2.45) is 0 Å². The first-order valence-corrected chi connectivity index (χ1v) is 8.40. The van der Waals surface area contributed by atoms with Gasteiger partial charge in [-0.2, -0.15) is 11.8 Å². The Morgan fingerprint density at radius 2 is 1.95 bits per heavy atom. The van der Waals surface area contributed by atoms with Crippen LogP contribution in [0.5, 0.6) is 0 Å². The highest BCUT2D eigenvalue weighted by atomic mass is 32.2. The van der Waals surface area contributed by atoms with E-state index in [0.29, 0.717) is 11.3 Å². The van der Waals surface area contributed by atoms with Gasteiger partial charge in [-0.3, -0.25) is 4.79 Å². The van der Waals surface area contributed by atoms with Gasteiger partial charge in [-0.1, -0.05) is 18.9 Å². The average molecular weight is 292 g/mol. The largest absolute Gasteiger partial charge is 0.398 e. The third-order valence-electron chi connectivity index (χ3n) is 4.38. The van der Waals surface area contributed by atoms with Crippen molar-refractivity contribution in [3.05, 3.63) is 28.8 Å². The monoisotopic (exact) mass is 292 g/mol. The molecule has 1 aromatic rings. The van der Waals surface area contributed by atoms with E-state index in [-0.39, 0.29) is 10.7 Å². The second-order valence-electron chi connectivity index (χ2n) is 5.80. The lowest BCUT2D eigenvalue weighted by Gasteiger charge is -2.27. The van der Waals surface area contributed by atoms with Gasteiger partial charge < -0.3 is 11.1 Å². The van der Waals surface area contributed by atoms with E-state index >= 15 is 0 Å². The van der Waals surface area contributed by atoms with E-state index in [0.717, 1.165) is 17.7 Å². The second kappa shape index (κ2) is 6.08. The van der Waals surface area contributed by atoms with Crippen LogP contribution in [0.3, 0.4) is 0 Å². The standard InChI is InChI=1S/C16H24N2OS/c1-11-8-12(2)14(17)9-13(11)15(19)18-10-16(20-3)6-4-5-7-16/h8-9H,4-7,10,17H2,1-3H3,(H,18,19). The van der Waals surface area contributed by atoms with Gasteiger partial charge in [0, 0.05) is 22.5 Å². The van der Waals surface area contributed by atoms with Crippen molar-refractivity contribution < 1.29 is 4.79 Å². The summed E-state index contributed by atoms with van der Waals surface area (Å²) in [5, 5.41) is 3.10. The Kier molecular flexibility index (Phi) is 4.63. The number of anilines is 1. The predicted molar refractivity (Wildman–Crippen MR) is 87.4 cm³/mol. The Morgan fingerprint density at radius 3 is 2.55 bits per heavy atom. The van der Waals surface area contributed by atoms with Gasteiger partial charge in [-0.15, -0.1) is 0 Å². The minimum atomic E-state index is -0.00507. The highest BCUT2D eigenvalue weighted by Crippen LogP contribution is 2.39. The van der Waals surface area contributed by atoms with E-state index in [1.807, 2.05) is 31.7 Å². The van der Waals surface area contributed by atoms with E-state index in [2.05, 4.69) is 11.6 Å². The van der Waals surface area contributed by atoms with Crippen LogP contribution in [0, 0.1) is 13.8 Å². The number of nitrogens with two attached hydrogens (primary N) is 1. The summed E-state index contributed by atoms with van der Waals surface area (Å²) in [7, 11) is 0. The van der Waals surface area contributed by atoms with Gasteiger partial charge in [-0.05, 0) is 50.1 Å². The van der Waals surface area contributed by atoms with Gasteiger partial charge in [0.15, 0.2) is 0 Å². The molecule has 0 bridgehead atoms. The number of benzene rings is 1. The van der Waals surface area contributed by atoms with Crippen LogP contribution in [0.2, 0.25) is 0 Å². The fourth-order valence-electron chi connectivity index (χ4n) is 2.92. The fraction of sp³-hybridized carbons (Fsp3) is 0.562. The maximum absolute atomic E-state index is 12.4. The molecule has 1 aromatic carbocycles. The molecule has 1 fully saturated rings. The van der Waals surface area contributed by atoms with E-state index in [1.54, 1.807) is 6.07 Å². The molecule has 0 saturated heterocycles. The third-order valence-corrected chi connectivity index (χ3v) is 5.80. The summed E-state index contributed by atoms with van der Waals surface area (Å²) in [6.07, 6.45) is 7.08. The van der Waals surface area contributed by atoms with Crippen LogP contribution in [0.15, 0.2) is 12.1 Å². The number of amides is 1. The maximum atomic E-state index is 12.4. The first kappa shape index (κ1) is 15.2. The zero-order chi connectivity index (χ0) is 14.8. The first-order valence-electron chi connectivity index (χ1n) is 7.17. The quantitative estimate of drug-likeness (QED) is 0.837. The topological polar surface area (TPSA) is 55.1 Å². The SMILES string of the molecule is CSC1(CNC(=O)c2cc(N)c(C)cc2C)CCCC1. The lowest BCUT2D eigenvalue weighted by atomic mass is 10.0. The molecular formula is C16H24N2OS. The molecule has 0 aromatic heterocycles. The Morgan fingerprint density at radius 1 is 1.30 bits per heavy atom. The molecule has 0 radical (unpaired) electrons. The number of nitrogens with one attached hydrogen (secondary N) is 1. The van der Waals surface area contributed by atoms with Gasteiger partial charge in [0.25, 0.3) is 5.91 Å². The highest BCUT2D eigenvalue weighted by Gasteiger charge is 2.33. The van der Waals surface area contributed by atoms with E-state index in [1.165, 1.54) is 25.7 Å². The highest BCUT2D eigenvalue weighted by molar-refractivity contribution is 8.00. The van der Waals surface area contributed by atoms with Crippen molar-refractivity contribution in [2.75, 3.05) is 18.5 Å². The van der Waals surface area contributed by atoms with Crippen LogP contribution in [0.1, 0.15) is 47.2 Å². The van der Waals surface area contributed by atoms with E-state index in [9.17, 15) is 4.79 Å². The number of hydrogen-bond donors (Lipinski definition) is 2. The smallest absolute Gasteiger partial charge is 0.251 e. The predicted octanol–water partition coefficient (Wildman–Crippen LogP) is 3.29. The minimum absolute atomic E-state index is 0.00507. The van der Waals surface area contributed by atoms with Crippen molar-refractivity contribution in [3.8, 4) is 0 Å². The van der Waals surface area contributed by atoms with Gasteiger partial charge in [0.2, 0.25) is 0 Å². The normalized spacial score (nSPS) is 17.1. The molecule has 0 unspecified atom stereocenters. The van der Waals surface area contributed by atoms with Gasteiger partial charge in [-0.25, -0.2) is 0 Å². The van der Waals surface area contributed by atoms with Gasteiger partial charge in [0.05, 0.1) is 0 Å². The second-order valence-corrected chi connectivity index (χ2v) is 7.07. The Hall–Kier alpha value is -1.16. The Labute approximate surface area is 125 Å². The van der Waals surface area contributed by atoms with Crippen molar-refractivity contribution in [1.29, 1.82) is 0 Å². The van der Waals surface area contributed by atoms with Crippen LogP contribution in [0.25, 0.3) is 0 Å². The minimum Gasteiger partial charge on any atom is -0.398 e. The summed E-state index contributed by atoms with van der Waals surface area (Å²) >= 11 is 1.89. The number of nitrogen functional groups attached to an aromatic ring is 1. The summed E-state index contributed by atoms with van der Waals surface area (Å²) in [6, 6.07) is 3.77. The molecular weight excluding hydrogens is 268 g/mol. The van der Waals surface area contributed by atoms with Crippen LogP contribution >= 0.6 is 11.8 Å².